The first-order valence-corrected chi connectivity index (χ1v) is 4.93. The van der Waals surface area contributed by atoms with Gasteiger partial charge in [-0.25, -0.2) is 13.8 Å². The zero-order valence-electron chi connectivity index (χ0n) is 8.84. The molecule has 0 aliphatic rings. The zero-order valence-corrected chi connectivity index (χ0v) is 9.60. The number of alkyl halides is 5. The average Bonchev–Trinajstić information content (AvgIpc) is 2.18. The van der Waals surface area contributed by atoms with E-state index in [4.69, 9.17) is 16.7 Å². The van der Waals surface area contributed by atoms with E-state index in [1.165, 1.54) is 0 Å². The number of pyridine rings is 1. The third-order valence-corrected chi connectivity index (χ3v) is 2.12. The van der Waals surface area contributed by atoms with Gasteiger partial charge >= 0.3 is 12.3 Å². The van der Waals surface area contributed by atoms with Gasteiger partial charge in [-0.1, -0.05) is 11.6 Å². The van der Waals surface area contributed by atoms with Crippen LogP contribution >= 0.6 is 11.6 Å². The van der Waals surface area contributed by atoms with E-state index in [9.17, 15) is 26.7 Å². The molecule has 1 aromatic rings. The van der Waals surface area contributed by atoms with Gasteiger partial charge in [-0.3, -0.25) is 4.79 Å². The van der Waals surface area contributed by atoms with E-state index < -0.39 is 47.3 Å². The second-order valence-electron chi connectivity index (χ2n) is 3.23. The topological polar surface area (TPSA) is 59.4 Å². The Hall–Kier alpha value is -1.64. The van der Waals surface area contributed by atoms with Crippen molar-refractivity contribution >= 4 is 17.6 Å². The fraction of sp³-hybridized carbons (Fsp3) is 0.333. The minimum atomic E-state index is -5.16. The maximum absolute atomic E-state index is 12.5. The first-order chi connectivity index (χ1) is 8.60. The lowest BCUT2D eigenvalue weighted by molar-refractivity contribution is -0.275. The van der Waals surface area contributed by atoms with Crippen LogP contribution in [0, 0.1) is 0 Å². The van der Waals surface area contributed by atoms with Gasteiger partial charge in [-0.2, -0.15) is 0 Å². The summed E-state index contributed by atoms with van der Waals surface area (Å²) in [5, 5.41) is 7.71. The van der Waals surface area contributed by atoms with Crippen molar-refractivity contribution in [2.45, 2.75) is 19.2 Å². The smallest absolute Gasteiger partial charge is 0.481 e. The Bertz CT molecular complexity index is 491. The summed E-state index contributed by atoms with van der Waals surface area (Å²) in [7, 11) is 0. The Labute approximate surface area is 107 Å². The number of carboxylic acid groups (broad SMARTS) is 1. The molecule has 0 amide bonds. The molecule has 0 fully saturated rings. The lowest BCUT2D eigenvalue weighted by atomic mass is 10.2. The summed E-state index contributed by atoms with van der Waals surface area (Å²) in [6, 6.07) is 0.325. The van der Waals surface area contributed by atoms with Crippen LogP contribution in [0.2, 0.25) is 5.15 Å². The maximum atomic E-state index is 12.5. The number of hydrogen-bond acceptors (Lipinski definition) is 3. The second kappa shape index (κ2) is 5.55. The summed E-state index contributed by atoms with van der Waals surface area (Å²) in [6.07, 6.45) is -9.29. The van der Waals surface area contributed by atoms with Gasteiger partial charge in [0.1, 0.15) is 5.15 Å². The number of halogens is 6. The molecule has 1 aromatic heterocycles. The van der Waals surface area contributed by atoms with Gasteiger partial charge in [0, 0.05) is 0 Å². The number of carbonyl (C=O) groups is 1. The minimum Gasteiger partial charge on any atom is -0.481 e. The van der Waals surface area contributed by atoms with E-state index in [1.54, 1.807) is 0 Å². The number of carboxylic acids is 1. The Morgan fingerprint density at radius 3 is 2.47 bits per heavy atom. The Morgan fingerprint density at radius 2 is 2.05 bits per heavy atom. The SMILES string of the molecule is O=C(O)Cc1nc(Cl)c(C(F)F)cc1OC(F)(F)F. The maximum Gasteiger partial charge on any atom is 0.573 e. The van der Waals surface area contributed by atoms with Gasteiger partial charge in [0.15, 0.2) is 5.75 Å². The Morgan fingerprint density at radius 1 is 1.47 bits per heavy atom. The number of rotatable bonds is 4. The molecule has 0 unspecified atom stereocenters. The number of aliphatic carboxylic acids is 1. The van der Waals surface area contributed by atoms with Crippen molar-refractivity contribution in [3.63, 3.8) is 0 Å². The molecular formula is C9H5ClF5NO3. The van der Waals surface area contributed by atoms with Crippen LogP contribution in [-0.2, 0) is 11.2 Å². The molecule has 4 nitrogen and oxygen atoms in total. The third-order valence-electron chi connectivity index (χ3n) is 1.82. The lowest BCUT2D eigenvalue weighted by Crippen LogP contribution is -2.19. The van der Waals surface area contributed by atoms with Crippen molar-refractivity contribution in [3.8, 4) is 5.75 Å². The van der Waals surface area contributed by atoms with Crippen molar-refractivity contribution in [2.75, 3.05) is 0 Å². The van der Waals surface area contributed by atoms with Crippen LogP contribution < -0.4 is 4.74 Å². The highest BCUT2D eigenvalue weighted by atomic mass is 35.5. The predicted molar refractivity (Wildman–Crippen MR) is 52.2 cm³/mol. The molecule has 1 rings (SSSR count). The summed E-state index contributed by atoms with van der Waals surface area (Å²) >= 11 is 5.33. The van der Waals surface area contributed by atoms with Gasteiger partial charge in [0.2, 0.25) is 0 Å². The summed E-state index contributed by atoms with van der Waals surface area (Å²) in [4.78, 5) is 13.6. The van der Waals surface area contributed by atoms with E-state index in [1.807, 2.05) is 0 Å². The van der Waals surface area contributed by atoms with Crippen LogP contribution in [0.4, 0.5) is 22.0 Å². The predicted octanol–water partition coefficient (Wildman–Crippen LogP) is 3.20. The second-order valence-corrected chi connectivity index (χ2v) is 3.59. The number of nitrogens with zero attached hydrogens (tertiary/aromatic N) is 1. The van der Waals surface area contributed by atoms with Crippen LogP contribution in [-0.4, -0.2) is 22.4 Å². The quantitative estimate of drug-likeness (QED) is 0.685. The van der Waals surface area contributed by atoms with Crippen molar-refractivity contribution < 1.29 is 36.6 Å². The molecule has 10 heteroatoms. The molecule has 1 heterocycles. The van der Waals surface area contributed by atoms with E-state index in [-0.39, 0.29) is 0 Å². The van der Waals surface area contributed by atoms with Gasteiger partial charge in [0.25, 0.3) is 6.43 Å². The van der Waals surface area contributed by atoms with E-state index >= 15 is 0 Å². The van der Waals surface area contributed by atoms with Gasteiger partial charge in [-0.15, -0.1) is 13.2 Å². The van der Waals surface area contributed by atoms with Crippen LogP contribution in [0.25, 0.3) is 0 Å². The monoisotopic (exact) mass is 305 g/mol. The molecule has 0 aromatic carbocycles. The summed E-state index contributed by atoms with van der Waals surface area (Å²) < 4.78 is 64.6. The molecule has 0 bridgehead atoms. The summed E-state index contributed by atoms with van der Waals surface area (Å²) in [6.45, 7) is 0. The molecule has 106 valence electrons. The highest BCUT2D eigenvalue weighted by Gasteiger charge is 2.33. The fourth-order valence-electron chi connectivity index (χ4n) is 1.16. The highest BCUT2D eigenvalue weighted by molar-refractivity contribution is 6.30. The molecule has 0 saturated heterocycles. The van der Waals surface area contributed by atoms with E-state index in [0.717, 1.165) is 0 Å². The van der Waals surface area contributed by atoms with Gasteiger partial charge < -0.3 is 9.84 Å². The first-order valence-electron chi connectivity index (χ1n) is 4.55. The minimum absolute atomic E-state index is 0.325. The van der Waals surface area contributed by atoms with Gasteiger partial charge in [0.05, 0.1) is 17.7 Å². The number of aromatic nitrogens is 1. The molecule has 0 spiro atoms. The zero-order chi connectivity index (χ0) is 14.8. The average molecular weight is 306 g/mol. The normalized spacial score (nSPS) is 11.7. The third kappa shape index (κ3) is 4.51. The summed E-state index contributed by atoms with van der Waals surface area (Å²) in [5.41, 5.74) is -1.67. The van der Waals surface area contributed by atoms with E-state index in [0.29, 0.717) is 6.07 Å². The molecule has 1 N–H and O–H groups in total. The van der Waals surface area contributed by atoms with Crippen molar-refractivity contribution in [3.05, 3.63) is 22.5 Å². The van der Waals surface area contributed by atoms with Crippen LogP contribution in [0.1, 0.15) is 17.7 Å². The summed E-state index contributed by atoms with van der Waals surface area (Å²) in [5.74, 6) is -2.63. The molecular weight excluding hydrogens is 301 g/mol. The lowest BCUT2D eigenvalue weighted by Gasteiger charge is -2.14. The fourth-order valence-corrected chi connectivity index (χ4v) is 1.40. The van der Waals surface area contributed by atoms with E-state index in [2.05, 4.69) is 9.72 Å². The van der Waals surface area contributed by atoms with Crippen LogP contribution in [0.5, 0.6) is 5.75 Å². The largest absolute Gasteiger partial charge is 0.573 e. The van der Waals surface area contributed by atoms with Crippen molar-refractivity contribution in [1.82, 2.24) is 4.98 Å². The molecule has 0 aliphatic heterocycles. The highest BCUT2D eigenvalue weighted by Crippen LogP contribution is 2.33. The first kappa shape index (κ1) is 15.4. The van der Waals surface area contributed by atoms with Crippen LogP contribution in [0.3, 0.4) is 0 Å². The van der Waals surface area contributed by atoms with Crippen molar-refractivity contribution in [1.29, 1.82) is 0 Å². The molecule has 19 heavy (non-hydrogen) atoms. The number of hydrogen-bond donors (Lipinski definition) is 1. The Kier molecular flexibility index (Phi) is 4.51. The van der Waals surface area contributed by atoms with Crippen molar-refractivity contribution in [2.24, 2.45) is 0 Å². The molecule has 0 atom stereocenters. The van der Waals surface area contributed by atoms with Gasteiger partial charge in [-0.05, 0) is 6.07 Å². The molecule has 0 aliphatic carbocycles. The molecule has 0 saturated carbocycles. The number of ether oxygens (including phenoxy) is 1. The Balaban J connectivity index is 3.28. The standard InChI is InChI=1S/C9H5ClF5NO3/c10-7-3(8(11)12)1-5(19-9(13,14)15)4(16-7)2-6(17)18/h1,8H,2H2,(H,17,18). The molecule has 0 radical (unpaired) electrons. The van der Waals surface area contributed by atoms with Crippen LogP contribution in [0.15, 0.2) is 6.07 Å².